The number of aromatic hydroxyl groups is 1. The van der Waals surface area contributed by atoms with Crippen LogP contribution < -0.4 is 10.6 Å². The Balaban J connectivity index is 1.34. The largest absolute Gasteiger partial charge is 0.506 e. The summed E-state index contributed by atoms with van der Waals surface area (Å²) in [6.45, 7) is 9.70. The van der Waals surface area contributed by atoms with E-state index >= 15 is 0 Å². The maximum Gasteiger partial charge on any atom is 0.195 e. The van der Waals surface area contributed by atoms with E-state index in [4.69, 9.17) is 10.5 Å². The SMILES string of the molecule is CC1(C)c2cc(N3CCC(N4CCOCC4)CC3)c(O)cc2C(=O)c2c1[nH]c1cc(N)ccc21. The fourth-order valence-electron chi connectivity index (χ4n) is 6.14. The number of rotatable bonds is 2. The molecule has 0 spiro atoms. The molecule has 6 rings (SSSR count). The number of aromatic nitrogens is 1. The van der Waals surface area contributed by atoms with Crippen LogP contribution in [0, 0.1) is 0 Å². The third kappa shape index (κ3) is 3.21. The normalized spacial score (nSPS) is 21.0. The summed E-state index contributed by atoms with van der Waals surface area (Å²) in [5.41, 5.74) is 11.1. The highest BCUT2D eigenvalue weighted by molar-refractivity contribution is 6.20. The van der Waals surface area contributed by atoms with Gasteiger partial charge in [-0.15, -0.1) is 0 Å². The summed E-state index contributed by atoms with van der Waals surface area (Å²) in [5, 5.41) is 11.9. The van der Waals surface area contributed by atoms with Gasteiger partial charge in [0.25, 0.3) is 0 Å². The van der Waals surface area contributed by atoms with Crippen LogP contribution in [0.25, 0.3) is 10.9 Å². The van der Waals surface area contributed by atoms with E-state index in [0.717, 1.165) is 80.1 Å². The Kier molecular flexibility index (Phi) is 4.90. The Bertz CT molecular complexity index is 1280. The zero-order valence-corrected chi connectivity index (χ0v) is 19.9. The molecule has 0 atom stereocenters. The summed E-state index contributed by atoms with van der Waals surface area (Å²) in [7, 11) is 0. The summed E-state index contributed by atoms with van der Waals surface area (Å²) in [4.78, 5) is 21.9. The van der Waals surface area contributed by atoms with Gasteiger partial charge in [-0.3, -0.25) is 9.69 Å². The molecule has 3 aromatic rings. The van der Waals surface area contributed by atoms with Crippen LogP contribution in [-0.4, -0.2) is 66.2 Å². The van der Waals surface area contributed by atoms with Gasteiger partial charge in [0.05, 0.1) is 24.5 Å². The van der Waals surface area contributed by atoms with Crippen LogP contribution in [0.4, 0.5) is 11.4 Å². The molecule has 3 aliphatic rings. The van der Waals surface area contributed by atoms with Gasteiger partial charge in [-0.2, -0.15) is 0 Å². The van der Waals surface area contributed by atoms with Crippen molar-refractivity contribution in [1.82, 2.24) is 9.88 Å². The fraction of sp³-hybridized carbons (Fsp3) is 0.444. The maximum absolute atomic E-state index is 13.6. The number of morpholine rings is 1. The molecule has 0 unspecified atom stereocenters. The van der Waals surface area contributed by atoms with Crippen molar-refractivity contribution in [1.29, 1.82) is 0 Å². The van der Waals surface area contributed by atoms with Gasteiger partial charge in [0, 0.05) is 65.5 Å². The Morgan fingerprint density at radius 3 is 2.56 bits per heavy atom. The number of phenolic OH excluding ortho intramolecular Hbond substituents is 1. The second kappa shape index (κ2) is 7.75. The molecular weight excluding hydrogens is 428 g/mol. The Morgan fingerprint density at radius 2 is 1.82 bits per heavy atom. The van der Waals surface area contributed by atoms with E-state index in [-0.39, 0.29) is 11.5 Å². The van der Waals surface area contributed by atoms with Gasteiger partial charge in [-0.25, -0.2) is 0 Å². The third-order valence-electron chi connectivity index (χ3n) is 8.07. The number of hydrogen-bond acceptors (Lipinski definition) is 6. The number of benzene rings is 2. The van der Waals surface area contributed by atoms with Crippen molar-refractivity contribution in [2.45, 2.75) is 38.1 Å². The summed E-state index contributed by atoms with van der Waals surface area (Å²) < 4.78 is 5.51. The van der Waals surface area contributed by atoms with Crippen molar-refractivity contribution in [3.63, 3.8) is 0 Å². The molecule has 0 bridgehead atoms. The first-order valence-corrected chi connectivity index (χ1v) is 12.2. The molecule has 2 aliphatic heterocycles. The van der Waals surface area contributed by atoms with Crippen LogP contribution in [0.1, 0.15) is 53.9 Å². The number of carbonyl (C=O) groups is 1. The number of nitrogen functional groups attached to an aromatic ring is 1. The van der Waals surface area contributed by atoms with E-state index in [9.17, 15) is 9.90 Å². The van der Waals surface area contributed by atoms with Crippen molar-refractivity contribution in [3.05, 3.63) is 52.7 Å². The minimum atomic E-state index is -0.416. The first-order valence-electron chi connectivity index (χ1n) is 12.2. The number of nitrogens with two attached hydrogens (primary N) is 1. The standard InChI is InChI=1S/C27H32N4O3/c1-27(2)20-15-22(31-7-5-17(6-8-31)30-9-11-34-12-10-30)23(32)14-19(20)25(33)24-18-4-3-16(28)13-21(18)29-26(24)27/h3-4,13-15,17,29,32H,5-12,28H2,1-2H3. The van der Waals surface area contributed by atoms with Gasteiger partial charge >= 0.3 is 0 Å². The van der Waals surface area contributed by atoms with Crippen molar-refractivity contribution in [2.75, 3.05) is 50.0 Å². The van der Waals surface area contributed by atoms with E-state index in [1.807, 2.05) is 24.3 Å². The average molecular weight is 461 g/mol. The third-order valence-corrected chi connectivity index (χ3v) is 8.07. The lowest BCUT2D eigenvalue weighted by atomic mass is 9.71. The Morgan fingerprint density at radius 1 is 1.09 bits per heavy atom. The van der Waals surface area contributed by atoms with Crippen LogP contribution in [0.3, 0.4) is 0 Å². The number of ketones is 1. The Labute approximate surface area is 199 Å². The number of aromatic amines is 1. The highest BCUT2D eigenvalue weighted by Gasteiger charge is 2.41. The molecule has 1 aromatic heterocycles. The number of phenols is 1. The predicted molar refractivity (Wildman–Crippen MR) is 134 cm³/mol. The minimum Gasteiger partial charge on any atom is -0.506 e. The molecule has 2 saturated heterocycles. The number of anilines is 2. The molecule has 7 nitrogen and oxygen atoms in total. The molecule has 34 heavy (non-hydrogen) atoms. The molecule has 178 valence electrons. The monoisotopic (exact) mass is 460 g/mol. The van der Waals surface area contributed by atoms with Gasteiger partial charge in [0.1, 0.15) is 5.75 Å². The van der Waals surface area contributed by atoms with Crippen molar-refractivity contribution < 1.29 is 14.6 Å². The summed E-state index contributed by atoms with van der Waals surface area (Å²) in [5.74, 6) is 0.133. The van der Waals surface area contributed by atoms with Gasteiger partial charge in [-0.1, -0.05) is 19.9 Å². The molecular formula is C27H32N4O3. The second-order valence-corrected chi connectivity index (χ2v) is 10.4. The number of piperidine rings is 1. The molecule has 4 N–H and O–H groups in total. The lowest BCUT2D eigenvalue weighted by molar-refractivity contribution is 0.0115. The van der Waals surface area contributed by atoms with Crippen molar-refractivity contribution in [2.24, 2.45) is 0 Å². The number of carbonyl (C=O) groups excluding carboxylic acids is 1. The highest BCUT2D eigenvalue weighted by atomic mass is 16.5. The smallest absolute Gasteiger partial charge is 0.195 e. The van der Waals surface area contributed by atoms with Crippen LogP contribution in [0.2, 0.25) is 0 Å². The fourth-order valence-corrected chi connectivity index (χ4v) is 6.14. The van der Waals surface area contributed by atoms with Crippen molar-refractivity contribution >= 4 is 28.1 Å². The number of hydrogen-bond donors (Lipinski definition) is 3. The van der Waals surface area contributed by atoms with Gasteiger partial charge in [0.15, 0.2) is 5.78 Å². The van der Waals surface area contributed by atoms with Crippen LogP contribution in [0.15, 0.2) is 30.3 Å². The molecule has 0 amide bonds. The summed E-state index contributed by atoms with van der Waals surface area (Å²) in [6.07, 6.45) is 2.12. The zero-order valence-electron chi connectivity index (χ0n) is 19.9. The van der Waals surface area contributed by atoms with E-state index in [0.29, 0.717) is 22.9 Å². The minimum absolute atomic E-state index is 0.0479. The van der Waals surface area contributed by atoms with Crippen LogP contribution >= 0.6 is 0 Å². The van der Waals surface area contributed by atoms with Gasteiger partial charge < -0.3 is 25.5 Å². The lowest BCUT2D eigenvalue weighted by Gasteiger charge is -2.41. The molecule has 1 aliphatic carbocycles. The number of fused-ring (bicyclic) bond motifs is 4. The number of H-pyrrole nitrogens is 1. The molecule has 2 aromatic carbocycles. The molecule has 7 heteroatoms. The first-order chi connectivity index (χ1) is 16.3. The van der Waals surface area contributed by atoms with E-state index in [1.54, 1.807) is 6.07 Å². The van der Waals surface area contributed by atoms with Gasteiger partial charge in [0.2, 0.25) is 0 Å². The maximum atomic E-state index is 13.6. The summed E-state index contributed by atoms with van der Waals surface area (Å²) >= 11 is 0. The first kappa shape index (κ1) is 21.5. The van der Waals surface area contributed by atoms with Gasteiger partial charge in [-0.05, 0) is 42.7 Å². The quantitative estimate of drug-likeness (QED) is 0.506. The average Bonchev–Trinajstić information content (AvgIpc) is 3.23. The zero-order chi connectivity index (χ0) is 23.6. The lowest BCUT2D eigenvalue weighted by Crippen LogP contribution is -2.49. The van der Waals surface area contributed by atoms with Crippen molar-refractivity contribution in [3.8, 4) is 5.75 Å². The summed E-state index contributed by atoms with van der Waals surface area (Å²) in [6, 6.07) is 9.91. The number of nitrogens with one attached hydrogen (secondary N) is 1. The topological polar surface area (TPSA) is 94.8 Å². The van der Waals surface area contributed by atoms with E-state index < -0.39 is 5.41 Å². The van der Waals surface area contributed by atoms with E-state index in [2.05, 4.69) is 28.6 Å². The second-order valence-electron chi connectivity index (χ2n) is 10.4. The highest BCUT2D eigenvalue weighted by Crippen LogP contribution is 2.47. The van der Waals surface area contributed by atoms with E-state index in [1.165, 1.54) is 0 Å². The molecule has 2 fully saturated rings. The van der Waals surface area contributed by atoms with Crippen LogP contribution in [-0.2, 0) is 10.2 Å². The number of ether oxygens (including phenoxy) is 1. The number of nitrogens with zero attached hydrogens (tertiary/aromatic N) is 2. The molecule has 0 radical (unpaired) electrons. The Hall–Kier alpha value is -3.03. The predicted octanol–water partition coefficient (Wildman–Crippen LogP) is 3.63. The molecule has 3 heterocycles. The van der Waals surface area contributed by atoms with Crippen LogP contribution in [0.5, 0.6) is 5.75 Å². The molecule has 0 saturated carbocycles.